The molecule has 0 unspecified atom stereocenters. The topological polar surface area (TPSA) is 0 Å². The normalized spacial score (nSPS) is 10.9. The summed E-state index contributed by atoms with van der Waals surface area (Å²) < 4.78 is 0. The van der Waals surface area contributed by atoms with Gasteiger partial charge in [0.15, 0.2) is 0 Å². The Bertz CT molecular complexity index is 1210. The Balaban J connectivity index is 0.00000114. The van der Waals surface area contributed by atoms with Crippen LogP contribution in [0.3, 0.4) is 0 Å². The molecule has 0 aliphatic carbocycles. The number of aryl methyl sites for hydroxylation is 2. The molecule has 31 heavy (non-hydrogen) atoms. The first-order valence-electron chi connectivity index (χ1n) is 9.97. The van der Waals surface area contributed by atoms with Crippen molar-refractivity contribution in [2.45, 2.75) is 20.4 Å². The molecule has 0 N–H and O–H groups in total. The van der Waals surface area contributed by atoms with Gasteiger partial charge in [0.25, 0.3) is 0 Å². The van der Waals surface area contributed by atoms with E-state index < -0.39 is 8.07 Å². The molecule has 0 atom stereocenters. The van der Waals surface area contributed by atoms with Crippen LogP contribution in [0, 0.1) is 28.7 Å². The van der Waals surface area contributed by atoms with E-state index in [1.54, 1.807) is 10.4 Å². The van der Waals surface area contributed by atoms with Crippen LogP contribution in [0.25, 0.3) is 21.5 Å². The minimum absolute atomic E-state index is 0. The molecular formula is C29H30SiZr. The van der Waals surface area contributed by atoms with Gasteiger partial charge in [-0.05, 0) is 0 Å². The second-order valence-electron chi connectivity index (χ2n) is 8.07. The van der Waals surface area contributed by atoms with Crippen LogP contribution < -0.4 is 15.6 Å². The Labute approximate surface area is 207 Å². The van der Waals surface area contributed by atoms with E-state index in [1.165, 1.54) is 37.9 Å². The predicted octanol–water partition coefficient (Wildman–Crippen LogP) is 6.05. The zero-order chi connectivity index (χ0) is 19.3. The molecule has 0 aromatic heterocycles. The summed E-state index contributed by atoms with van der Waals surface area (Å²) in [5.74, 6) is 0. The van der Waals surface area contributed by atoms with Crippen molar-refractivity contribution in [3.63, 3.8) is 0 Å². The Hall–Kier alpha value is -2.02. The van der Waals surface area contributed by atoms with E-state index >= 15 is 0 Å². The summed E-state index contributed by atoms with van der Waals surface area (Å²) in [4.78, 5) is 0. The summed E-state index contributed by atoms with van der Waals surface area (Å²) in [6, 6.07) is 33.7. The van der Waals surface area contributed by atoms with Gasteiger partial charge in [0.2, 0.25) is 0 Å². The molecule has 0 amide bonds. The van der Waals surface area contributed by atoms with Gasteiger partial charge in [-0.15, -0.1) is 81.2 Å². The van der Waals surface area contributed by atoms with Crippen LogP contribution in [0.5, 0.6) is 0 Å². The Morgan fingerprint density at radius 2 is 0.968 bits per heavy atom. The fourth-order valence-electron chi connectivity index (χ4n) is 5.25. The molecular weight excluding hydrogens is 468 g/mol. The van der Waals surface area contributed by atoms with E-state index in [1.807, 2.05) is 0 Å². The first-order valence-corrected chi connectivity index (χ1v) is 12.5. The van der Waals surface area contributed by atoms with Crippen LogP contribution in [0.4, 0.5) is 0 Å². The van der Waals surface area contributed by atoms with Gasteiger partial charge in [-0.25, -0.2) is 0 Å². The molecule has 5 aromatic rings. The third kappa shape index (κ3) is 3.86. The summed E-state index contributed by atoms with van der Waals surface area (Å²) in [5.41, 5.74) is 2.84. The molecule has 0 spiro atoms. The molecule has 5 aromatic carbocycles. The van der Waals surface area contributed by atoms with Gasteiger partial charge < -0.3 is 14.9 Å². The van der Waals surface area contributed by atoms with Crippen molar-refractivity contribution in [1.82, 2.24) is 0 Å². The fourth-order valence-corrected chi connectivity index (χ4v) is 10.2. The average molecular weight is 498 g/mol. The average Bonchev–Trinajstić information content (AvgIpc) is 3.24. The fraction of sp³-hybridized carbons (Fsp3) is 0.103. The predicted molar refractivity (Wildman–Crippen MR) is 138 cm³/mol. The first kappa shape index (κ1) is 25.2. The molecule has 0 bridgehead atoms. The molecule has 154 valence electrons. The van der Waals surface area contributed by atoms with Gasteiger partial charge in [-0.3, -0.25) is 0 Å². The molecule has 5 rings (SSSR count). The van der Waals surface area contributed by atoms with E-state index in [9.17, 15) is 0 Å². The van der Waals surface area contributed by atoms with E-state index in [0.717, 1.165) is 0 Å². The Morgan fingerprint density at radius 3 is 1.42 bits per heavy atom. The largest absolute Gasteiger partial charge is 4.00 e. The van der Waals surface area contributed by atoms with Gasteiger partial charge in [-0.1, -0.05) is 68.0 Å². The van der Waals surface area contributed by atoms with Gasteiger partial charge in [-0.2, -0.15) is 10.4 Å². The quantitative estimate of drug-likeness (QED) is 0.210. The maximum absolute atomic E-state index is 2.55. The number of benzene rings is 3. The smallest absolute Gasteiger partial charge is 0.358 e. The van der Waals surface area contributed by atoms with Crippen molar-refractivity contribution in [2.24, 2.45) is 0 Å². The number of hydrogen-bond acceptors (Lipinski definition) is 0. The van der Waals surface area contributed by atoms with Gasteiger partial charge in [0.05, 0.1) is 0 Å². The van der Waals surface area contributed by atoms with Crippen LogP contribution in [0.15, 0.2) is 91.0 Å². The second-order valence-corrected chi connectivity index (χ2v) is 11.9. The second kappa shape index (κ2) is 9.63. The molecule has 0 radical (unpaired) electrons. The van der Waals surface area contributed by atoms with Gasteiger partial charge >= 0.3 is 26.2 Å². The molecule has 0 nitrogen and oxygen atoms in total. The molecule has 0 fully saturated rings. The SMILES string of the molecule is Cc1[cH-]c2ccccc2c1[Si](C)(c1ccccc1)c1c(C)[cH-]c2ccccc12.[CH3-].[CH3-].[Zr+4]. The molecule has 0 saturated heterocycles. The van der Waals surface area contributed by atoms with E-state index in [2.05, 4.69) is 111 Å². The third-order valence-electron chi connectivity index (χ3n) is 6.34. The zero-order valence-electron chi connectivity index (χ0n) is 19.2. The van der Waals surface area contributed by atoms with Crippen LogP contribution in [-0.2, 0) is 26.2 Å². The van der Waals surface area contributed by atoms with E-state index in [0.29, 0.717) is 0 Å². The van der Waals surface area contributed by atoms with Crippen molar-refractivity contribution >= 4 is 45.2 Å². The minimum Gasteiger partial charge on any atom is -0.358 e. The minimum atomic E-state index is -2.19. The molecule has 0 aliphatic rings. The summed E-state index contributed by atoms with van der Waals surface area (Å²) in [6.07, 6.45) is 0. The maximum atomic E-state index is 2.55. The van der Waals surface area contributed by atoms with Crippen molar-refractivity contribution < 1.29 is 26.2 Å². The molecule has 0 saturated carbocycles. The molecule has 0 aliphatic heterocycles. The Kier molecular flexibility index (Phi) is 7.84. The zero-order valence-corrected chi connectivity index (χ0v) is 22.6. The van der Waals surface area contributed by atoms with Crippen molar-refractivity contribution in [3.8, 4) is 0 Å². The summed E-state index contributed by atoms with van der Waals surface area (Å²) >= 11 is 0. The Morgan fingerprint density at radius 1 is 0.581 bits per heavy atom. The monoisotopic (exact) mass is 496 g/mol. The van der Waals surface area contributed by atoms with Gasteiger partial charge in [0, 0.05) is 8.07 Å². The molecule has 0 heterocycles. The van der Waals surface area contributed by atoms with Crippen LogP contribution in [0.1, 0.15) is 11.1 Å². The van der Waals surface area contributed by atoms with Crippen molar-refractivity contribution in [1.29, 1.82) is 0 Å². The third-order valence-corrected chi connectivity index (χ3v) is 11.2. The number of hydrogen-bond donors (Lipinski definition) is 0. The summed E-state index contributed by atoms with van der Waals surface area (Å²) in [6.45, 7) is 7.14. The standard InChI is InChI=1S/C27H24Si.2CH3.Zr/c1-19-17-21-11-7-9-15-24(21)26(19)28(3,23-13-5-4-6-14-23)27-20(2)18-22-12-8-10-16-25(22)27;;;/h4-18H,1-3H3;2*1H3;/q-2;2*-1;+4. The van der Waals surface area contributed by atoms with Gasteiger partial charge in [0.1, 0.15) is 0 Å². The first-order chi connectivity index (χ1) is 13.6. The number of rotatable bonds is 3. The van der Waals surface area contributed by atoms with Crippen LogP contribution >= 0.6 is 0 Å². The van der Waals surface area contributed by atoms with E-state index in [4.69, 9.17) is 0 Å². The molecule has 2 heteroatoms. The van der Waals surface area contributed by atoms with Crippen LogP contribution in [-0.4, -0.2) is 8.07 Å². The maximum Gasteiger partial charge on any atom is 4.00 e. The van der Waals surface area contributed by atoms with Crippen molar-refractivity contribution in [2.75, 3.05) is 0 Å². The van der Waals surface area contributed by atoms with E-state index in [-0.39, 0.29) is 41.1 Å². The van der Waals surface area contributed by atoms with Crippen LogP contribution in [0.2, 0.25) is 6.55 Å². The summed E-state index contributed by atoms with van der Waals surface area (Å²) in [5, 5.41) is 10.2. The van der Waals surface area contributed by atoms with Crippen molar-refractivity contribution in [3.05, 3.63) is 117 Å². The summed E-state index contributed by atoms with van der Waals surface area (Å²) in [7, 11) is -2.19. The number of fused-ring (bicyclic) bond motifs is 2.